The van der Waals surface area contributed by atoms with Crippen LogP contribution < -0.4 is 10.9 Å². The molecule has 2 fully saturated rings. The monoisotopic (exact) mass is 332 g/mol. The average Bonchev–Trinajstić information content (AvgIpc) is 2.94. The van der Waals surface area contributed by atoms with Gasteiger partial charge in [0.15, 0.2) is 0 Å². The minimum atomic E-state index is -0.176. The molecule has 3 rings (SSSR count). The maximum absolute atomic E-state index is 12.7. The molecule has 0 bridgehead atoms. The number of hydrogen-bond acceptors (Lipinski definition) is 3. The Morgan fingerprint density at radius 2 is 2.00 bits per heavy atom. The van der Waals surface area contributed by atoms with Crippen LogP contribution in [0.1, 0.15) is 29.8 Å². The molecular formula is C17H24N4O3. The number of pyridine rings is 1. The summed E-state index contributed by atoms with van der Waals surface area (Å²) in [5.74, 6) is -0.0900. The quantitative estimate of drug-likeness (QED) is 0.864. The largest absolute Gasteiger partial charge is 0.337 e. The van der Waals surface area contributed by atoms with Gasteiger partial charge in [-0.2, -0.15) is 0 Å². The van der Waals surface area contributed by atoms with Crippen molar-refractivity contribution in [3.8, 4) is 0 Å². The van der Waals surface area contributed by atoms with Crippen LogP contribution >= 0.6 is 0 Å². The van der Waals surface area contributed by atoms with Crippen molar-refractivity contribution in [2.45, 2.75) is 25.3 Å². The molecule has 1 aliphatic carbocycles. The predicted octanol–water partition coefficient (Wildman–Crippen LogP) is 0.651. The molecule has 7 nitrogen and oxygen atoms in total. The summed E-state index contributed by atoms with van der Waals surface area (Å²) < 4.78 is 1.40. The Hall–Kier alpha value is -2.31. The van der Waals surface area contributed by atoms with Crippen molar-refractivity contribution in [1.29, 1.82) is 0 Å². The first kappa shape index (κ1) is 16.5. The molecule has 1 saturated carbocycles. The molecule has 2 aliphatic rings. The van der Waals surface area contributed by atoms with E-state index in [9.17, 15) is 14.4 Å². The van der Waals surface area contributed by atoms with Crippen LogP contribution in [0, 0.1) is 5.41 Å². The summed E-state index contributed by atoms with van der Waals surface area (Å²) in [6, 6.07) is 4.88. The lowest BCUT2D eigenvalue weighted by molar-refractivity contribution is 0.0656. The second kappa shape index (κ2) is 5.96. The molecule has 2 heterocycles. The molecular weight excluding hydrogens is 308 g/mol. The third-order valence-electron chi connectivity index (χ3n) is 5.22. The third kappa shape index (κ3) is 2.90. The van der Waals surface area contributed by atoms with Gasteiger partial charge in [0, 0.05) is 46.3 Å². The Kier molecular flexibility index (Phi) is 4.11. The lowest BCUT2D eigenvalue weighted by Crippen LogP contribution is -2.54. The van der Waals surface area contributed by atoms with Crippen molar-refractivity contribution in [3.05, 3.63) is 34.2 Å². The smallest absolute Gasteiger partial charge is 0.317 e. The van der Waals surface area contributed by atoms with Gasteiger partial charge in [-0.05, 0) is 30.7 Å². The third-order valence-corrected chi connectivity index (χ3v) is 5.22. The summed E-state index contributed by atoms with van der Waals surface area (Å²) >= 11 is 0. The van der Waals surface area contributed by atoms with Crippen LogP contribution in [-0.4, -0.2) is 59.5 Å². The maximum atomic E-state index is 12.7. The van der Waals surface area contributed by atoms with Crippen molar-refractivity contribution in [2.24, 2.45) is 12.5 Å². The van der Waals surface area contributed by atoms with E-state index in [1.54, 1.807) is 33.3 Å². The highest BCUT2D eigenvalue weighted by Gasteiger charge is 2.50. The topological polar surface area (TPSA) is 74.7 Å². The summed E-state index contributed by atoms with van der Waals surface area (Å²) in [6.45, 7) is 1.40. The fourth-order valence-electron chi connectivity index (χ4n) is 3.77. The van der Waals surface area contributed by atoms with E-state index in [2.05, 4.69) is 5.32 Å². The summed E-state index contributed by atoms with van der Waals surface area (Å²) in [5.41, 5.74) is 0.370. The van der Waals surface area contributed by atoms with Gasteiger partial charge in [-0.3, -0.25) is 9.59 Å². The van der Waals surface area contributed by atoms with Crippen LogP contribution in [-0.2, 0) is 7.05 Å². The average molecular weight is 332 g/mol. The van der Waals surface area contributed by atoms with Crippen molar-refractivity contribution in [3.63, 3.8) is 0 Å². The molecule has 0 unspecified atom stereocenters. The zero-order valence-electron chi connectivity index (χ0n) is 14.4. The van der Waals surface area contributed by atoms with Gasteiger partial charge in [0.05, 0.1) is 0 Å². The predicted molar refractivity (Wildman–Crippen MR) is 89.9 cm³/mol. The van der Waals surface area contributed by atoms with Gasteiger partial charge >= 0.3 is 6.03 Å². The molecule has 1 spiro atoms. The Balaban J connectivity index is 1.61. The fourth-order valence-corrected chi connectivity index (χ4v) is 3.77. The Bertz CT molecular complexity index is 719. The summed E-state index contributed by atoms with van der Waals surface area (Å²) in [7, 11) is 5.07. The number of carbonyl (C=O) groups is 2. The van der Waals surface area contributed by atoms with Gasteiger partial charge in [0.25, 0.3) is 11.5 Å². The number of nitrogens with one attached hydrogen (secondary N) is 1. The van der Waals surface area contributed by atoms with Crippen LogP contribution in [0.2, 0.25) is 0 Å². The number of rotatable bonds is 2. The van der Waals surface area contributed by atoms with E-state index in [0.717, 1.165) is 19.3 Å². The molecule has 7 heteroatoms. The van der Waals surface area contributed by atoms with E-state index >= 15 is 0 Å². The molecule has 0 radical (unpaired) electrons. The van der Waals surface area contributed by atoms with Crippen molar-refractivity contribution < 1.29 is 9.59 Å². The van der Waals surface area contributed by atoms with E-state index in [-0.39, 0.29) is 29.0 Å². The second-order valence-electron chi connectivity index (χ2n) is 7.23. The van der Waals surface area contributed by atoms with Crippen LogP contribution in [0.5, 0.6) is 0 Å². The summed E-state index contributed by atoms with van der Waals surface area (Å²) in [4.78, 5) is 39.4. The lowest BCUT2D eigenvalue weighted by Gasteiger charge is -2.45. The first-order valence-electron chi connectivity index (χ1n) is 8.24. The lowest BCUT2D eigenvalue weighted by atomic mass is 9.65. The molecule has 24 heavy (non-hydrogen) atoms. The number of aromatic nitrogens is 1. The minimum Gasteiger partial charge on any atom is -0.337 e. The molecule has 1 aromatic rings. The van der Waals surface area contributed by atoms with Crippen LogP contribution in [0.3, 0.4) is 0 Å². The molecule has 3 amide bonds. The maximum Gasteiger partial charge on any atom is 0.317 e. The zero-order valence-corrected chi connectivity index (χ0v) is 14.4. The SMILES string of the molecule is CN(C)C(=O)NC1CC2(CCN(C(=O)c3cccc(=O)n3C)C2)C1. The number of urea groups is 1. The standard InChI is InChI=1S/C17H24N4O3/c1-19(2)16(24)18-12-9-17(10-12)7-8-21(11-17)15(23)13-5-4-6-14(22)20(13)3/h4-6,12H,7-11H2,1-3H3,(H,18,24). The highest BCUT2D eigenvalue weighted by molar-refractivity contribution is 5.92. The van der Waals surface area contributed by atoms with Crippen LogP contribution in [0.25, 0.3) is 0 Å². The van der Waals surface area contributed by atoms with Gasteiger partial charge in [-0.1, -0.05) is 6.07 Å². The van der Waals surface area contributed by atoms with Gasteiger partial charge < -0.3 is 19.7 Å². The highest BCUT2D eigenvalue weighted by Crippen LogP contribution is 2.48. The molecule has 0 atom stereocenters. The molecule has 1 N–H and O–H groups in total. The van der Waals surface area contributed by atoms with Crippen LogP contribution in [0.4, 0.5) is 4.79 Å². The number of carbonyl (C=O) groups excluding carboxylic acids is 2. The van der Waals surface area contributed by atoms with Crippen LogP contribution in [0.15, 0.2) is 23.0 Å². The molecule has 1 saturated heterocycles. The molecule has 130 valence electrons. The van der Waals surface area contributed by atoms with Gasteiger partial charge in [0.2, 0.25) is 0 Å². The fraction of sp³-hybridized carbons (Fsp3) is 0.588. The number of likely N-dealkylation sites (tertiary alicyclic amines) is 1. The van der Waals surface area contributed by atoms with Crippen molar-refractivity contribution >= 4 is 11.9 Å². The van der Waals surface area contributed by atoms with Gasteiger partial charge in [-0.15, -0.1) is 0 Å². The Morgan fingerprint density at radius 3 is 2.67 bits per heavy atom. The van der Waals surface area contributed by atoms with Crippen molar-refractivity contribution in [1.82, 2.24) is 19.7 Å². The minimum absolute atomic E-state index is 0.0694. The van der Waals surface area contributed by atoms with E-state index in [0.29, 0.717) is 18.8 Å². The zero-order chi connectivity index (χ0) is 17.5. The molecule has 0 aromatic carbocycles. The van der Waals surface area contributed by atoms with E-state index in [1.165, 1.54) is 15.5 Å². The van der Waals surface area contributed by atoms with Gasteiger partial charge in [-0.25, -0.2) is 4.79 Å². The van der Waals surface area contributed by atoms with E-state index in [4.69, 9.17) is 0 Å². The highest BCUT2D eigenvalue weighted by atomic mass is 16.2. The summed E-state index contributed by atoms with van der Waals surface area (Å²) in [5, 5.41) is 3.00. The molecule has 1 aliphatic heterocycles. The Labute approximate surface area is 141 Å². The van der Waals surface area contributed by atoms with E-state index < -0.39 is 0 Å². The first-order valence-corrected chi connectivity index (χ1v) is 8.24. The number of nitrogens with zero attached hydrogens (tertiary/aromatic N) is 3. The van der Waals surface area contributed by atoms with Crippen molar-refractivity contribution in [2.75, 3.05) is 27.2 Å². The first-order chi connectivity index (χ1) is 11.3. The van der Waals surface area contributed by atoms with Gasteiger partial charge in [0.1, 0.15) is 5.69 Å². The van der Waals surface area contributed by atoms with E-state index in [1.807, 2.05) is 4.90 Å². The second-order valence-corrected chi connectivity index (χ2v) is 7.23. The molecule has 1 aromatic heterocycles. The normalized spacial score (nSPS) is 25.5. The number of amides is 3. The Morgan fingerprint density at radius 1 is 1.29 bits per heavy atom. The summed E-state index contributed by atoms with van der Waals surface area (Å²) in [6.07, 6.45) is 2.77. The number of hydrogen-bond donors (Lipinski definition) is 1.